The van der Waals surface area contributed by atoms with Crippen molar-refractivity contribution in [3.05, 3.63) is 35.2 Å². The number of benzene rings is 1. The average molecular weight is 395 g/mol. The Labute approximate surface area is 169 Å². The second-order valence-corrected chi connectivity index (χ2v) is 9.19. The van der Waals surface area contributed by atoms with Gasteiger partial charge in [0, 0.05) is 34.8 Å². The number of nitrogens with one attached hydrogen (secondary N) is 1. The second-order valence-electron chi connectivity index (χ2n) is 8.24. The van der Waals surface area contributed by atoms with Crippen molar-refractivity contribution in [1.29, 1.82) is 0 Å². The predicted octanol–water partition coefficient (Wildman–Crippen LogP) is 4.66. The SMILES string of the molecule is Cc1cc(N[C@@H]2CCCN(CC3CC3)C2)nnc1-c1ccc2sccc2c1O. The van der Waals surface area contributed by atoms with E-state index in [0.717, 1.165) is 45.2 Å². The van der Waals surface area contributed by atoms with Gasteiger partial charge in [0.1, 0.15) is 11.6 Å². The third-order valence-electron chi connectivity index (χ3n) is 5.92. The number of phenolic OH excluding ortho intramolecular Hbond substituents is 1. The molecule has 3 aromatic rings. The number of aromatic hydroxyl groups is 1. The molecule has 0 amide bonds. The minimum atomic E-state index is 0.292. The molecule has 2 N–H and O–H groups in total. The molecule has 1 aliphatic heterocycles. The van der Waals surface area contributed by atoms with Crippen molar-refractivity contribution < 1.29 is 5.11 Å². The first kappa shape index (κ1) is 17.9. The summed E-state index contributed by atoms with van der Waals surface area (Å²) < 4.78 is 1.08. The van der Waals surface area contributed by atoms with Gasteiger partial charge in [0.15, 0.2) is 0 Å². The Kier molecular flexibility index (Phi) is 4.69. The number of likely N-dealkylation sites (tertiary alicyclic amines) is 1. The highest BCUT2D eigenvalue weighted by Gasteiger charge is 2.27. The fourth-order valence-corrected chi connectivity index (χ4v) is 5.04. The first-order chi connectivity index (χ1) is 13.7. The van der Waals surface area contributed by atoms with Crippen molar-refractivity contribution in [2.75, 3.05) is 25.0 Å². The lowest BCUT2D eigenvalue weighted by atomic mass is 10.0. The van der Waals surface area contributed by atoms with Crippen LogP contribution in [0, 0.1) is 12.8 Å². The van der Waals surface area contributed by atoms with Crippen molar-refractivity contribution in [3.8, 4) is 17.0 Å². The molecule has 1 aliphatic carbocycles. The number of piperidine rings is 1. The molecule has 0 bridgehead atoms. The molecule has 6 heteroatoms. The van der Waals surface area contributed by atoms with Gasteiger partial charge in [0.05, 0.1) is 5.69 Å². The van der Waals surface area contributed by atoms with E-state index < -0.39 is 0 Å². The van der Waals surface area contributed by atoms with Gasteiger partial charge < -0.3 is 15.3 Å². The van der Waals surface area contributed by atoms with Gasteiger partial charge in [-0.2, -0.15) is 0 Å². The predicted molar refractivity (Wildman–Crippen MR) is 115 cm³/mol. The van der Waals surface area contributed by atoms with E-state index in [1.807, 2.05) is 30.5 Å². The molecule has 5 rings (SSSR count). The van der Waals surface area contributed by atoms with E-state index in [2.05, 4.69) is 26.5 Å². The highest BCUT2D eigenvalue weighted by molar-refractivity contribution is 7.17. The van der Waals surface area contributed by atoms with E-state index >= 15 is 0 Å². The summed E-state index contributed by atoms with van der Waals surface area (Å²) in [6.07, 6.45) is 5.23. The fraction of sp³-hybridized carbons (Fsp3) is 0.455. The van der Waals surface area contributed by atoms with Crippen LogP contribution in [0.15, 0.2) is 29.6 Å². The van der Waals surface area contributed by atoms with Gasteiger partial charge in [-0.15, -0.1) is 21.5 Å². The maximum absolute atomic E-state index is 10.7. The van der Waals surface area contributed by atoms with E-state index in [0.29, 0.717) is 11.8 Å². The molecule has 0 radical (unpaired) electrons. The zero-order valence-corrected chi connectivity index (χ0v) is 17.0. The molecule has 0 spiro atoms. The molecule has 3 heterocycles. The van der Waals surface area contributed by atoms with Crippen LogP contribution in [0.1, 0.15) is 31.2 Å². The summed E-state index contributed by atoms with van der Waals surface area (Å²) in [5.74, 6) is 2.06. The standard InChI is InChI=1S/C22H26N4OS/c1-14-11-20(23-16-3-2-9-26(13-16)12-15-4-5-15)24-25-21(14)18-6-7-19-17(22(18)27)8-10-28-19/h6-8,10-11,15-16,27H,2-5,9,12-13H2,1H3,(H,23,24)/t16-/m1/s1. The fourth-order valence-electron chi connectivity index (χ4n) is 4.26. The Morgan fingerprint density at radius 2 is 2.11 bits per heavy atom. The topological polar surface area (TPSA) is 61.3 Å². The third-order valence-corrected chi connectivity index (χ3v) is 6.80. The van der Waals surface area contributed by atoms with Gasteiger partial charge in [0.2, 0.25) is 0 Å². The molecular weight excluding hydrogens is 368 g/mol. The zero-order valence-electron chi connectivity index (χ0n) is 16.2. The van der Waals surface area contributed by atoms with Crippen molar-refractivity contribution in [1.82, 2.24) is 15.1 Å². The van der Waals surface area contributed by atoms with Crippen LogP contribution in [-0.4, -0.2) is 45.9 Å². The maximum atomic E-state index is 10.7. The summed E-state index contributed by atoms with van der Waals surface area (Å²) >= 11 is 1.63. The van der Waals surface area contributed by atoms with Crippen LogP contribution in [0.2, 0.25) is 0 Å². The Morgan fingerprint density at radius 1 is 1.21 bits per heavy atom. The van der Waals surface area contributed by atoms with Gasteiger partial charge in [-0.25, -0.2) is 0 Å². The Bertz CT molecular complexity index is 997. The van der Waals surface area contributed by atoms with Gasteiger partial charge in [-0.1, -0.05) is 0 Å². The summed E-state index contributed by atoms with van der Waals surface area (Å²) in [5.41, 5.74) is 2.51. The first-order valence-electron chi connectivity index (χ1n) is 10.2. The lowest BCUT2D eigenvalue weighted by Gasteiger charge is -2.33. The zero-order chi connectivity index (χ0) is 19.1. The molecule has 1 saturated carbocycles. The van der Waals surface area contributed by atoms with Crippen molar-refractivity contribution in [2.24, 2.45) is 5.92 Å². The number of fused-ring (bicyclic) bond motifs is 1. The molecule has 28 heavy (non-hydrogen) atoms. The van der Waals surface area contributed by atoms with Crippen LogP contribution in [-0.2, 0) is 0 Å². The summed E-state index contributed by atoms with van der Waals surface area (Å²) in [6.45, 7) is 5.61. The van der Waals surface area contributed by atoms with Crippen LogP contribution >= 0.6 is 11.3 Å². The highest BCUT2D eigenvalue weighted by Crippen LogP contribution is 2.38. The number of aromatic nitrogens is 2. The van der Waals surface area contributed by atoms with Crippen LogP contribution in [0.5, 0.6) is 5.75 Å². The molecule has 2 aromatic heterocycles. The highest BCUT2D eigenvalue weighted by atomic mass is 32.1. The van der Waals surface area contributed by atoms with E-state index in [1.165, 1.54) is 38.8 Å². The molecule has 5 nitrogen and oxygen atoms in total. The minimum Gasteiger partial charge on any atom is -0.507 e. The Balaban J connectivity index is 1.33. The third kappa shape index (κ3) is 3.59. The normalized spacial score (nSPS) is 20.5. The molecule has 0 unspecified atom stereocenters. The molecule has 1 aromatic carbocycles. The molecule has 146 valence electrons. The van der Waals surface area contributed by atoms with Crippen molar-refractivity contribution in [2.45, 2.75) is 38.6 Å². The number of aryl methyl sites for hydroxylation is 1. The average Bonchev–Trinajstić information content (AvgIpc) is 3.36. The molecule has 2 aliphatic rings. The van der Waals surface area contributed by atoms with Crippen molar-refractivity contribution >= 4 is 27.2 Å². The summed E-state index contributed by atoms with van der Waals surface area (Å²) in [6, 6.07) is 8.42. The molecule has 1 atom stereocenters. The minimum absolute atomic E-state index is 0.292. The smallest absolute Gasteiger partial charge is 0.149 e. The number of rotatable bonds is 5. The number of nitrogens with zero attached hydrogens (tertiary/aromatic N) is 3. The lowest BCUT2D eigenvalue weighted by molar-refractivity contribution is 0.208. The summed E-state index contributed by atoms with van der Waals surface area (Å²) in [4.78, 5) is 2.60. The van der Waals surface area contributed by atoms with E-state index in [9.17, 15) is 5.11 Å². The molecular formula is C22H26N4OS. The van der Waals surface area contributed by atoms with Gasteiger partial charge in [-0.3, -0.25) is 0 Å². The van der Waals surface area contributed by atoms with E-state index in [4.69, 9.17) is 0 Å². The maximum Gasteiger partial charge on any atom is 0.149 e. The lowest BCUT2D eigenvalue weighted by Crippen LogP contribution is -2.43. The first-order valence-corrected chi connectivity index (χ1v) is 11.1. The Morgan fingerprint density at radius 3 is 2.93 bits per heavy atom. The van der Waals surface area contributed by atoms with E-state index in [1.54, 1.807) is 11.3 Å². The second kappa shape index (κ2) is 7.33. The monoisotopic (exact) mass is 394 g/mol. The van der Waals surface area contributed by atoms with Crippen LogP contribution in [0.25, 0.3) is 21.3 Å². The largest absolute Gasteiger partial charge is 0.507 e. The van der Waals surface area contributed by atoms with Crippen LogP contribution < -0.4 is 5.32 Å². The van der Waals surface area contributed by atoms with E-state index in [-0.39, 0.29) is 0 Å². The van der Waals surface area contributed by atoms with Crippen LogP contribution in [0.3, 0.4) is 0 Å². The molecule has 1 saturated heterocycles. The van der Waals surface area contributed by atoms with Gasteiger partial charge in [-0.05, 0) is 80.3 Å². The number of hydrogen-bond donors (Lipinski definition) is 2. The van der Waals surface area contributed by atoms with Gasteiger partial charge in [0.25, 0.3) is 0 Å². The Hall–Kier alpha value is -2.18. The van der Waals surface area contributed by atoms with Crippen LogP contribution in [0.4, 0.5) is 5.82 Å². The molecule has 2 fully saturated rings. The van der Waals surface area contributed by atoms with Crippen molar-refractivity contribution in [3.63, 3.8) is 0 Å². The van der Waals surface area contributed by atoms with Gasteiger partial charge >= 0.3 is 0 Å². The number of anilines is 1. The number of hydrogen-bond acceptors (Lipinski definition) is 6. The quantitative estimate of drug-likeness (QED) is 0.659. The summed E-state index contributed by atoms with van der Waals surface area (Å²) in [5, 5.41) is 26.0. The number of thiophene rings is 1. The summed E-state index contributed by atoms with van der Waals surface area (Å²) in [7, 11) is 0. The number of phenols is 1.